The third kappa shape index (κ3) is 3.87. The van der Waals surface area contributed by atoms with Gasteiger partial charge in [0, 0.05) is 18.5 Å². The minimum atomic E-state index is -0.903. The van der Waals surface area contributed by atoms with Gasteiger partial charge in [-0.15, -0.1) is 0 Å². The minimum Gasteiger partial charge on any atom is -0.481 e. The van der Waals surface area contributed by atoms with E-state index in [0.717, 1.165) is 22.3 Å². The number of carboxylic acid groups (broad SMARTS) is 1. The summed E-state index contributed by atoms with van der Waals surface area (Å²) in [6.07, 6.45) is -0.246. The van der Waals surface area contributed by atoms with Crippen LogP contribution in [-0.2, 0) is 14.3 Å². The molecule has 1 aliphatic carbocycles. The Morgan fingerprint density at radius 2 is 1.68 bits per heavy atom. The number of alkyl carbamates (subject to hydrolysis) is 1. The molecule has 2 aromatic carbocycles. The monoisotopic (exact) mass is 422 g/mol. The highest BCUT2D eigenvalue weighted by atomic mass is 16.5. The molecule has 1 heterocycles. The Morgan fingerprint density at radius 3 is 2.23 bits per heavy atom. The number of carboxylic acids is 1. The van der Waals surface area contributed by atoms with Crippen molar-refractivity contribution in [2.75, 3.05) is 13.2 Å². The van der Waals surface area contributed by atoms with E-state index in [2.05, 4.69) is 17.4 Å². The van der Waals surface area contributed by atoms with Crippen LogP contribution in [-0.4, -0.2) is 53.2 Å². The number of fused-ring (bicyclic) bond motifs is 3. The van der Waals surface area contributed by atoms with Gasteiger partial charge in [0.1, 0.15) is 12.6 Å². The zero-order valence-electron chi connectivity index (χ0n) is 17.6. The fraction of sp³-hybridized carbons (Fsp3) is 0.375. The number of nitrogens with one attached hydrogen (secondary N) is 1. The van der Waals surface area contributed by atoms with Gasteiger partial charge in [-0.2, -0.15) is 0 Å². The average molecular weight is 422 g/mol. The summed E-state index contributed by atoms with van der Waals surface area (Å²) >= 11 is 0. The lowest BCUT2D eigenvalue weighted by Gasteiger charge is -2.26. The van der Waals surface area contributed by atoms with Gasteiger partial charge in [0.15, 0.2) is 0 Å². The van der Waals surface area contributed by atoms with Crippen molar-refractivity contribution >= 4 is 18.0 Å². The third-order valence-electron chi connectivity index (χ3n) is 6.40. The van der Waals surface area contributed by atoms with Gasteiger partial charge in [-0.3, -0.25) is 9.59 Å². The van der Waals surface area contributed by atoms with Crippen LogP contribution < -0.4 is 5.32 Å². The molecule has 2 aliphatic rings. The summed E-state index contributed by atoms with van der Waals surface area (Å²) in [4.78, 5) is 37.9. The molecule has 0 spiro atoms. The fourth-order valence-corrected chi connectivity index (χ4v) is 4.71. The largest absolute Gasteiger partial charge is 0.481 e. The summed E-state index contributed by atoms with van der Waals surface area (Å²) in [6.45, 7) is 3.85. The Morgan fingerprint density at radius 1 is 1.10 bits per heavy atom. The van der Waals surface area contributed by atoms with E-state index in [1.54, 1.807) is 13.8 Å². The van der Waals surface area contributed by atoms with Crippen LogP contribution in [0.3, 0.4) is 0 Å². The number of hydrogen-bond donors (Lipinski definition) is 2. The molecule has 162 valence electrons. The SMILES string of the molecule is CC1C(C(=O)O)CCN1C(=O)[C@@H](C)NC(=O)OCC1c2ccccc2-c2ccccc21. The number of amides is 2. The van der Waals surface area contributed by atoms with E-state index in [0.29, 0.717) is 13.0 Å². The number of hydrogen-bond acceptors (Lipinski definition) is 4. The summed E-state index contributed by atoms with van der Waals surface area (Å²) < 4.78 is 5.49. The molecule has 2 N–H and O–H groups in total. The number of nitrogens with zero attached hydrogens (tertiary/aromatic N) is 1. The Kier molecular flexibility index (Phi) is 5.67. The maximum Gasteiger partial charge on any atom is 0.407 e. The van der Waals surface area contributed by atoms with E-state index >= 15 is 0 Å². The molecule has 3 atom stereocenters. The van der Waals surface area contributed by atoms with Crippen molar-refractivity contribution in [3.05, 3.63) is 59.7 Å². The molecule has 7 nitrogen and oxygen atoms in total. The number of ether oxygens (including phenoxy) is 1. The number of aliphatic carboxylic acids is 1. The van der Waals surface area contributed by atoms with Crippen molar-refractivity contribution in [3.8, 4) is 11.1 Å². The predicted molar refractivity (Wildman–Crippen MR) is 115 cm³/mol. The van der Waals surface area contributed by atoms with Crippen LogP contribution in [0, 0.1) is 5.92 Å². The minimum absolute atomic E-state index is 0.0564. The van der Waals surface area contributed by atoms with Gasteiger partial charge in [0.2, 0.25) is 5.91 Å². The first kappa shape index (κ1) is 20.9. The highest BCUT2D eigenvalue weighted by molar-refractivity contribution is 5.87. The summed E-state index contributed by atoms with van der Waals surface area (Å²) in [6, 6.07) is 14.9. The molecular formula is C24H26N2O5. The number of carbonyl (C=O) groups excluding carboxylic acids is 2. The maximum atomic E-state index is 12.7. The third-order valence-corrected chi connectivity index (χ3v) is 6.40. The van der Waals surface area contributed by atoms with Crippen LogP contribution >= 0.6 is 0 Å². The first-order chi connectivity index (χ1) is 14.9. The Bertz CT molecular complexity index is 975. The van der Waals surface area contributed by atoms with E-state index in [1.807, 2.05) is 36.4 Å². The van der Waals surface area contributed by atoms with Crippen molar-refractivity contribution in [1.29, 1.82) is 0 Å². The molecule has 0 radical (unpaired) electrons. The van der Waals surface area contributed by atoms with Crippen molar-refractivity contribution in [3.63, 3.8) is 0 Å². The molecule has 2 unspecified atom stereocenters. The van der Waals surface area contributed by atoms with E-state index < -0.39 is 30.1 Å². The van der Waals surface area contributed by atoms with Crippen LogP contribution in [0.5, 0.6) is 0 Å². The lowest BCUT2D eigenvalue weighted by atomic mass is 9.98. The number of benzene rings is 2. The second kappa shape index (κ2) is 8.41. The van der Waals surface area contributed by atoms with Crippen LogP contribution in [0.25, 0.3) is 11.1 Å². The summed E-state index contributed by atoms with van der Waals surface area (Å²) in [5, 5.41) is 11.8. The zero-order chi connectivity index (χ0) is 22.1. The molecule has 7 heteroatoms. The second-order valence-electron chi connectivity index (χ2n) is 8.20. The molecular weight excluding hydrogens is 396 g/mol. The summed E-state index contributed by atoms with van der Waals surface area (Å²) in [7, 11) is 0. The van der Waals surface area contributed by atoms with Crippen LogP contribution in [0.1, 0.15) is 37.3 Å². The standard InChI is InChI=1S/C24H26N2O5/c1-14(22(27)26-12-11-16(15(26)2)23(28)29)25-24(30)31-13-21-19-9-5-3-7-17(19)18-8-4-6-10-20(18)21/h3-10,14-16,21H,11-13H2,1-2H3,(H,25,30)(H,28,29)/t14-,15?,16?/m1/s1. The average Bonchev–Trinajstić information content (AvgIpc) is 3.30. The van der Waals surface area contributed by atoms with Gasteiger partial charge in [0.05, 0.1) is 5.92 Å². The highest BCUT2D eigenvalue weighted by Gasteiger charge is 2.39. The molecule has 0 saturated carbocycles. The van der Waals surface area contributed by atoms with Crippen molar-refractivity contribution < 1.29 is 24.2 Å². The molecule has 0 bridgehead atoms. The molecule has 31 heavy (non-hydrogen) atoms. The molecule has 0 aromatic heterocycles. The Hall–Kier alpha value is -3.35. The van der Waals surface area contributed by atoms with Crippen molar-refractivity contribution in [1.82, 2.24) is 10.2 Å². The normalized spacial score (nSPS) is 20.6. The van der Waals surface area contributed by atoms with Gasteiger partial charge in [0.25, 0.3) is 0 Å². The first-order valence-corrected chi connectivity index (χ1v) is 10.5. The zero-order valence-corrected chi connectivity index (χ0v) is 17.6. The van der Waals surface area contributed by atoms with Gasteiger partial charge in [-0.05, 0) is 42.5 Å². The molecule has 4 rings (SSSR count). The van der Waals surface area contributed by atoms with Gasteiger partial charge < -0.3 is 20.1 Å². The second-order valence-corrected chi connectivity index (χ2v) is 8.20. The lowest BCUT2D eigenvalue weighted by molar-refractivity contribution is -0.143. The lowest BCUT2D eigenvalue weighted by Crippen LogP contribution is -2.49. The van der Waals surface area contributed by atoms with E-state index in [9.17, 15) is 19.5 Å². The fourth-order valence-electron chi connectivity index (χ4n) is 4.71. The molecule has 2 amide bonds. The topological polar surface area (TPSA) is 95.9 Å². The molecule has 1 aliphatic heterocycles. The van der Waals surface area contributed by atoms with Crippen molar-refractivity contribution in [2.45, 2.75) is 38.3 Å². The first-order valence-electron chi connectivity index (χ1n) is 10.5. The summed E-state index contributed by atoms with van der Waals surface area (Å²) in [5.74, 6) is -1.84. The molecule has 1 saturated heterocycles. The maximum absolute atomic E-state index is 12.7. The smallest absolute Gasteiger partial charge is 0.407 e. The molecule has 1 fully saturated rings. The van der Waals surface area contributed by atoms with E-state index in [1.165, 1.54) is 4.90 Å². The number of carbonyl (C=O) groups is 3. The number of rotatable bonds is 5. The highest BCUT2D eigenvalue weighted by Crippen LogP contribution is 2.44. The quantitative estimate of drug-likeness (QED) is 0.771. The molecule has 2 aromatic rings. The van der Waals surface area contributed by atoms with Gasteiger partial charge >= 0.3 is 12.1 Å². The van der Waals surface area contributed by atoms with Crippen molar-refractivity contribution in [2.24, 2.45) is 5.92 Å². The Labute approximate surface area is 181 Å². The summed E-state index contributed by atoms with van der Waals surface area (Å²) in [5.41, 5.74) is 4.52. The van der Waals surface area contributed by atoms with Gasteiger partial charge in [-0.25, -0.2) is 4.79 Å². The van der Waals surface area contributed by atoms with Crippen LogP contribution in [0.2, 0.25) is 0 Å². The Balaban J connectivity index is 1.37. The van der Waals surface area contributed by atoms with Gasteiger partial charge in [-0.1, -0.05) is 48.5 Å². The number of likely N-dealkylation sites (tertiary alicyclic amines) is 1. The van der Waals surface area contributed by atoms with Crippen LogP contribution in [0.4, 0.5) is 4.79 Å². The predicted octanol–water partition coefficient (Wildman–Crippen LogP) is 3.24. The van der Waals surface area contributed by atoms with E-state index in [4.69, 9.17) is 4.74 Å². The van der Waals surface area contributed by atoms with Crippen LogP contribution in [0.15, 0.2) is 48.5 Å². The van der Waals surface area contributed by atoms with E-state index in [-0.39, 0.29) is 18.4 Å².